The molecule has 1 aromatic heterocycles. The van der Waals surface area contributed by atoms with E-state index in [4.69, 9.17) is 4.42 Å². The molecule has 2 heterocycles. The fourth-order valence-electron chi connectivity index (χ4n) is 7.96. The van der Waals surface area contributed by atoms with Crippen molar-refractivity contribution in [2.75, 3.05) is 90.4 Å². The van der Waals surface area contributed by atoms with Crippen molar-refractivity contribution in [1.82, 2.24) is 46.2 Å². The number of benzene rings is 1. The predicted octanol–water partition coefficient (Wildman–Crippen LogP) is -2.86. The minimum absolute atomic E-state index is 0.0946. The summed E-state index contributed by atoms with van der Waals surface area (Å²) in [5, 5.41) is 69.8. The van der Waals surface area contributed by atoms with Crippen LogP contribution in [0, 0.1) is 5.92 Å². The second kappa shape index (κ2) is 31.3. The number of rotatable bonds is 28. The first-order valence-corrected chi connectivity index (χ1v) is 24.5. The molecule has 1 aromatic carbocycles. The third-order valence-electron chi connectivity index (χ3n) is 11.9. The Kier molecular flexibility index (Phi) is 25.8. The number of nitrogens with one attached hydrogen (secondary N) is 6. The molecule has 12 N–H and O–H groups in total. The second-order valence-electron chi connectivity index (χ2n) is 18.7. The van der Waals surface area contributed by atoms with Crippen LogP contribution in [0.25, 0.3) is 11.0 Å². The summed E-state index contributed by atoms with van der Waals surface area (Å²) >= 11 is 0. The lowest BCUT2D eigenvalue weighted by molar-refractivity contribution is -0.142. The van der Waals surface area contributed by atoms with E-state index >= 15 is 0 Å². The summed E-state index contributed by atoms with van der Waals surface area (Å²) in [6.07, 6.45) is -9.19. The first kappa shape index (κ1) is 66.0. The number of hydrogen-bond acceptors (Lipinski definition) is 18. The van der Waals surface area contributed by atoms with Crippen LogP contribution in [0.4, 0.5) is 18.9 Å². The normalized spacial score (nSPS) is 15.8. The van der Waals surface area contributed by atoms with Gasteiger partial charge in [-0.25, -0.2) is 4.79 Å². The molecule has 0 radical (unpaired) electrons. The number of carbonyl (C=O) groups is 12. The third kappa shape index (κ3) is 23.7. The Morgan fingerprint density at radius 3 is 1.46 bits per heavy atom. The van der Waals surface area contributed by atoms with Crippen LogP contribution in [0.2, 0.25) is 0 Å². The largest absolute Gasteiger partial charge is 0.481 e. The summed E-state index contributed by atoms with van der Waals surface area (Å²) in [6, 6.07) is -4.48. The molecule has 4 atom stereocenters. The zero-order valence-corrected chi connectivity index (χ0v) is 43.2. The van der Waals surface area contributed by atoms with Crippen molar-refractivity contribution in [3.63, 3.8) is 0 Å². The van der Waals surface area contributed by atoms with Gasteiger partial charge in [-0.05, 0) is 24.5 Å². The molecule has 1 aliphatic rings. The van der Waals surface area contributed by atoms with E-state index in [1.165, 1.54) is 23.6 Å². The van der Waals surface area contributed by atoms with E-state index in [1.807, 2.05) is 0 Å². The van der Waals surface area contributed by atoms with Gasteiger partial charge in [0, 0.05) is 95.0 Å². The Morgan fingerprint density at radius 1 is 0.550 bits per heavy atom. The number of anilines is 1. The molecule has 33 heteroatoms. The molecule has 0 bridgehead atoms. The van der Waals surface area contributed by atoms with Gasteiger partial charge in [0.25, 0.3) is 0 Å². The lowest BCUT2D eigenvalue weighted by Crippen LogP contribution is -2.59. The minimum Gasteiger partial charge on any atom is -0.481 e. The number of carboxylic acid groups (broad SMARTS) is 6. The SMILES string of the molecule is CC(C)[C@@H](NC(=O)[C@@H](CCC(=O)O)NC(=O)[C@@H](CC(=O)O)NC(=O)CCNC(=O)CN1CCN(CC(=O)O)CCN(CC(=O)O)CCN(CC(=O)O)CC1)C(=O)N[C@H](CC(=O)O)C(=O)Nc1ccc2c(C(F)(F)F)cc(=O)oc2c1. The average Bonchev–Trinajstić information content (AvgIpc) is 3.33. The van der Waals surface area contributed by atoms with Gasteiger partial charge in [0.1, 0.15) is 29.8 Å². The molecule has 0 aliphatic carbocycles. The van der Waals surface area contributed by atoms with Crippen LogP contribution < -0.4 is 37.5 Å². The Morgan fingerprint density at radius 2 is 1.01 bits per heavy atom. The van der Waals surface area contributed by atoms with Crippen molar-refractivity contribution in [3.05, 3.63) is 40.2 Å². The maximum Gasteiger partial charge on any atom is 0.417 e. The maximum absolute atomic E-state index is 13.7. The zero-order valence-electron chi connectivity index (χ0n) is 43.2. The topological polar surface area (TPSA) is 442 Å². The van der Waals surface area contributed by atoms with Crippen molar-refractivity contribution >= 4 is 87.9 Å². The second-order valence-corrected chi connectivity index (χ2v) is 18.7. The van der Waals surface area contributed by atoms with Gasteiger partial charge in [0.2, 0.25) is 35.4 Å². The van der Waals surface area contributed by atoms with E-state index < -0.39 is 175 Å². The highest BCUT2D eigenvalue weighted by molar-refractivity contribution is 6.02. The highest BCUT2D eigenvalue weighted by atomic mass is 19.4. The molecule has 1 saturated heterocycles. The molecular formula is C47H63F3N10O20. The molecular weight excluding hydrogens is 1080 g/mol. The van der Waals surface area contributed by atoms with Crippen molar-refractivity contribution in [2.24, 2.45) is 5.92 Å². The summed E-state index contributed by atoms with van der Waals surface area (Å²) in [5.74, 6) is -15.7. The maximum atomic E-state index is 13.7. The monoisotopic (exact) mass is 1140 g/mol. The molecule has 80 heavy (non-hydrogen) atoms. The van der Waals surface area contributed by atoms with Crippen LogP contribution in [0.5, 0.6) is 0 Å². The van der Waals surface area contributed by atoms with Crippen molar-refractivity contribution < 1.29 is 106 Å². The molecule has 0 unspecified atom stereocenters. The van der Waals surface area contributed by atoms with E-state index in [0.29, 0.717) is 0 Å². The first-order valence-electron chi connectivity index (χ1n) is 24.5. The van der Waals surface area contributed by atoms with E-state index in [1.54, 1.807) is 9.80 Å². The number of hydrogen-bond donors (Lipinski definition) is 12. The van der Waals surface area contributed by atoms with Crippen molar-refractivity contribution in [1.29, 1.82) is 0 Å². The summed E-state index contributed by atoms with van der Waals surface area (Å²) < 4.78 is 45.6. The standard InChI is InChI=1S/C47H63F3N10O20/c1-25(2)42(46(79)55-31(20-37(67)68)44(77)52-26-3-4-27-28(47(48,49)50)18-41(75)80-32(27)17-26)56-43(76)29(5-6-35(63)64)54-45(78)30(19-36(65)66)53-33(61)7-8-51-34(62)21-57-9-11-58(22-38(69)70)13-15-60(24-40(73)74)16-14-59(12-10-57)23-39(71)72/h3-4,17-18,25,29-31,42H,5-16,19-24H2,1-2H3,(H,51,62)(H,52,77)(H,53,61)(H,54,78)(H,55,79)(H,56,76)(H,63,64)(H,65,66)(H,67,68)(H,69,70)(H,71,72)(H,73,74)/t29-,30-,31-,42-/m1/s1. The zero-order chi connectivity index (χ0) is 60.0. The number of amides is 6. The number of nitrogens with zero attached hydrogens (tertiary/aromatic N) is 4. The van der Waals surface area contributed by atoms with E-state index in [2.05, 4.69) is 31.9 Å². The predicted molar refractivity (Wildman–Crippen MR) is 266 cm³/mol. The Labute approximate surface area is 451 Å². The van der Waals surface area contributed by atoms with E-state index in [0.717, 1.165) is 18.2 Å². The van der Waals surface area contributed by atoms with Crippen molar-refractivity contribution in [3.8, 4) is 0 Å². The number of fused-ring (bicyclic) bond motifs is 1. The van der Waals surface area contributed by atoms with Gasteiger partial charge in [0.05, 0.1) is 44.6 Å². The highest BCUT2D eigenvalue weighted by Crippen LogP contribution is 2.34. The summed E-state index contributed by atoms with van der Waals surface area (Å²) in [7, 11) is 0. The summed E-state index contributed by atoms with van der Waals surface area (Å²) in [4.78, 5) is 169. The van der Waals surface area contributed by atoms with Crippen LogP contribution in [0.3, 0.4) is 0 Å². The summed E-state index contributed by atoms with van der Waals surface area (Å²) in [6.45, 7) is 1.76. The Balaban J connectivity index is 1.70. The van der Waals surface area contributed by atoms with Crippen LogP contribution in [-0.4, -0.2) is 231 Å². The molecule has 1 fully saturated rings. The average molecular weight is 1150 g/mol. The number of aliphatic carboxylic acids is 6. The van der Waals surface area contributed by atoms with Gasteiger partial charge in [-0.1, -0.05) is 13.8 Å². The van der Waals surface area contributed by atoms with Crippen molar-refractivity contribution in [2.45, 2.75) is 76.3 Å². The molecule has 0 saturated carbocycles. The molecule has 6 amide bonds. The van der Waals surface area contributed by atoms with Gasteiger partial charge in [-0.2, -0.15) is 13.2 Å². The number of carboxylic acids is 6. The van der Waals surface area contributed by atoms with Gasteiger partial charge in [-0.3, -0.25) is 77.1 Å². The lowest BCUT2D eigenvalue weighted by atomic mass is 10.0. The van der Waals surface area contributed by atoms with Gasteiger partial charge in [-0.15, -0.1) is 0 Å². The Hall–Kier alpha value is -8.30. The van der Waals surface area contributed by atoms with Gasteiger partial charge in [0.15, 0.2) is 0 Å². The lowest BCUT2D eigenvalue weighted by Gasteiger charge is -2.32. The highest BCUT2D eigenvalue weighted by Gasteiger charge is 2.36. The third-order valence-corrected chi connectivity index (χ3v) is 11.9. The quantitative estimate of drug-likeness (QED) is 0.0381. The number of alkyl halides is 3. The smallest absolute Gasteiger partial charge is 0.417 e. The molecule has 2 aromatic rings. The number of carbonyl (C=O) groups excluding carboxylic acids is 6. The molecule has 0 spiro atoms. The summed E-state index contributed by atoms with van der Waals surface area (Å²) in [5.41, 5.74) is -3.62. The van der Waals surface area contributed by atoms with E-state index in [-0.39, 0.29) is 83.7 Å². The molecule has 1 aliphatic heterocycles. The van der Waals surface area contributed by atoms with Gasteiger partial charge < -0.3 is 67.0 Å². The van der Waals surface area contributed by atoms with Gasteiger partial charge >= 0.3 is 47.6 Å². The first-order chi connectivity index (χ1) is 37.4. The fourth-order valence-corrected chi connectivity index (χ4v) is 7.96. The van der Waals surface area contributed by atoms with E-state index in [9.17, 15) is 106 Å². The minimum atomic E-state index is -4.97. The fraction of sp³-hybridized carbons (Fsp3) is 0.553. The van der Waals surface area contributed by atoms with Crippen LogP contribution in [-0.2, 0) is 63.7 Å². The van der Waals surface area contributed by atoms with Crippen LogP contribution in [0.15, 0.2) is 33.5 Å². The Bertz CT molecular complexity index is 2640. The van der Waals surface area contributed by atoms with Crippen LogP contribution >= 0.6 is 0 Å². The number of halogens is 3. The van der Waals surface area contributed by atoms with Crippen LogP contribution in [0.1, 0.15) is 51.5 Å². The molecule has 3 rings (SSSR count). The molecule has 30 nitrogen and oxygen atoms in total. The molecule has 442 valence electrons.